The Morgan fingerprint density at radius 2 is 1.74 bits per heavy atom. The molecular formula is C19H20ClF3N4. The molecule has 27 heavy (non-hydrogen) atoms. The number of nitrogens with zero attached hydrogens (tertiary/aromatic N) is 4. The fourth-order valence-corrected chi connectivity index (χ4v) is 4.09. The summed E-state index contributed by atoms with van der Waals surface area (Å²) in [6, 6.07) is 7.44. The third-order valence-electron chi connectivity index (χ3n) is 5.48. The summed E-state index contributed by atoms with van der Waals surface area (Å²) in [5.74, 6) is 0.415. The quantitative estimate of drug-likeness (QED) is 0.672. The van der Waals surface area contributed by atoms with Gasteiger partial charge in [0.1, 0.15) is 11.5 Å². The molecule has 1 aliphatic carbocycles. The van der Waals surface area contributed by atoms with Crippen LogP contribution in [-0.4, -0.2) is 21.6 Å². The van der Waals surface area contributed by atoms with Gasteiger partial charge in [-0.05, 0) is 49.9 Å². The molecule has 0 saturated heterocycles. The van der Waals surface area contributed by atoms with Crippen molar-refractivity contribution in [2.45, 2.75) is 38.4 Å². The number of alkyl halides is 3. The SMILES string of the molecule is Cn1cnc2c1N=C(C1CCC(C(F)(F)F)CC1)N(c1ccc(Cl)cc1)C2. The van der Waals surface area contributed by atoms with Crippen LogP contribution in [0.15, 0.2) is 35.6 Å². The van der Waals surface area contributed by atoms with Crippen molar-refractivity contribution in [1.82, 2.24) is 9.55 Å². The van der Waals surface area contributed by atoms with E-state index < -0.39 is 12.1 Å². The highest BCUT2D eigenvalue weighted by Gasteiger charge is 2.43. The zero-order chi connectivity index (χ0) is 19.2. The maximum atomic E-state index is 13.0. The second-order valence-electron chi connectivity index (χ2n) is 7.25. The number of amidine groups is 1. The molecule has 1 aliphatic heterocycles. The smallest absolute Gasteiger partial charge is 0.323 e. The molecule has 1 saturated carbocycles. The van der Waals surface area contributed by atoms with Gasteiger partial charge in [-0.3, -0.25) is 0 Å². The zero-order valence-corrected chi connectivity index (χ0v) is 15.6. The first-order chi connectivity index (χ1) is 12.8. The van der Waals surface area contributed by atoms with Crippen LogP contribution in [0.25, 0.3) is 0 Å². The van der Waals surface area contributed by atoms with Crippen molar-refractivity contribution >= 4 is 28.9 Å². The number of benzene rings is 1. The number of aromatic nitrogens is 2. The van der Waals surface area contributed by atoms with Gasteiger partial charge in [-0.15, -0.1) is 0 Å². The van der Waals surface area contributed by atoms with Crippen LogP contribution in [0, 0.1) is 11.8 Å². The molecule has 2 aromatic rings. The van der Waals surface area contributed by atoms with E-state index in [9.17, 15) is 13.2 Å². The van der Waals surface area contributed by atoms with E-state index in [1.807, 2.05) is 35.9 Å². The van der Waals surface area contributed by atoms with Crippen LogP contribution >= 0.6 is 11.6 Å². The molecule has 0 spiro atoms. The highest BCUT2D eigenvalue weighted by atomic mass is 35.5. The molecule has 2 heterocycles. The Kier molecular flexibility index (Phi) is 4.66. The van der Waals surface area contributed by atoms with Gasteiger partial charge < -0.3 is 9.47 Å². The molecule has 2 aliphatic rings. The van der Waals surface area contributed by atoms with Gasteiger partial charge in [-0.25, -0.2) is 9.98 Å². The number of anilines is 1. The topological polar surface area (TPSA) is 33.4 Å². The van der Waals surface area contributed by atoms with Crippen molar-refractivity contribution in [2.75, 3.05) is 4.90 Å². The first-order valence-corrected chi connectivity index (χ1v) is 9.39. The van der Waals surface area contributed by atoms with E-state index in [4.69, 9.17) is 16.6 Å². The van der Waals surface area contributed by atoms with Crippen LogP contribution in [0.4, 0.5) is 24.7 Å². The van der Waals surface area contributed by atoms with Crippen molar-refractivity contribution in [1.29, 1.82) is 0 Å². The van der Waals surface area contributed by atoms with Crippen LogP contribution in [0.1, 0.15) is 31.4 Å². The normalized spacial score (nSPS) is 23.1. The molecule has 0 amide bonds. The van der Waals surface area contributed by atoms with Gasteiger partial charge in [0.05, 0.1) is 18.8 Å². The summed E-state index contributed by atoms with van der Waals surface area (Å²) in [6.45, 7) is 0.551. The molecular weight excluding hydrogens is 377 g/mol. The van der Waals surface area contributed by atoms with Gasteiger partial charge in [0.2, 0.25) is 0 Å². The predicted octanol–water partition coefficient (Wildman–Crippen LogP) is 5.49. The molecule has 0 N–H and O–H groups in total. The predicted molar refractivity (Wildman–Crippen MR) is 99.4 cm³/mol. The Morgan fingerprint density at radius 3 is 2.37 bits per heavy atom. The third kappa shape index (κ3) is 3.57. The number of halogens is 4. The minimum atomic E-state index is -4.11. The summed E-state index contributed by atoms with van der Waals surface area (Å²) in [6.07, 6.45) is -1.11. The van der Waals surface area contributed by atoms with Gasteiger partial charge in [0.25, 0.3) is 0 Å². The molecule has 1 fully saturated rings. The number of aryl methyl sites for hydroxylation is 1. The largest absolute Gasteiger partial charge is 0.391 e. The number of imidazole rings is 1. The van der Waals surface area contributed by atoms with E-state index in [0.29, 0.717) is 24.4 Å². The molecule has 0 bridgehead atoms. The third-order valence-corrected chi connectivity index (χ3v) is 5.73. The first-order valence-electron chi connectivity index (χ1n) is 9.01. The van der Waals surface area contributed by atoms with Gasteiger partial charge in [0, 0.05) is 23.7 Å². The lowest BCUT2D eigenvalue weighted by Crippen LogP contribution is -2.40. The molecule has 4 rings (SSSR count). The van der Waals surface area contributed by atoms with Gasteiger partial charge in [-0.1, -0.05) is 11.6 Å². The summed E-state index contributed by atoms with van der Waals surface area (Å²) < 4.78 is 41.0. The fraction of sp³-hybridized carbons (Fsp3) is 0.474. The lowest BCUT2D eigenvalue weighted by Gasteiger charge is -2.37. The molecule has 1 aromatic heterocycles. The van der Waals surface area contributed by atoms with E-state index in [1.165, 1.54) is 0 Å². The van der Waals surface area contributed by atoms with E-state index in [2.05, 4.69) is 9.88 Å². The average molecular weight is 397 g/mol. The van der Waals surface area contributed by atoms with Gasteiger partial charge in [0.15, 0.2) is 5.82 Å². The van der Waals surface area contributed by atoms with Crippen LogP contribution in [0.2, 0.25) is 5.02 Å². The zero-order valence-electron chi connectivity index (χ0n) is 14.9. The summed E-state index contributed by atoms with van der Waals surface area (Å²) in [7, 11) is 1.88. The highest BCUT2D eigenvalue weighted by Crippen LogP contribution is 2.42. The Hall–Kier alpha value is -2.02. The lowest BCUT2D eigenvalue weighted by atomic mass is 9.80. The Balaban J connectivity index is 1.65. The average Bonchev–Trinajstić information content (AvgIpc) is 3.01. The van der Waals surface area contributed by atoms with Crippen LogP contribution < -0.4 is 4.90 Å². The second kappa shape index (κ2) is 6.86. The summed E-state index contributed by atoms with van der Waals surface area (Å²) >= 11 is 6.01. The number of fused-ring (bicyclic) bond motifs is 1. The molecule has 0 unspecified atom stereocenters. The summed E-state index contributed by atoms with van der Waals surface area (Å²) in [4.78, 5) is 11.3. The number of rotatable bonds is 2. The highest BCUT2D eigenvalue weighted by molar-refractivity contribution is 6.30. The summed E-state index contributed by atoms with van der Waals surface area (Å²) in [5, 5.41) is 0.637. The number of hydrogen-bond donors (Lipinski definition) is 0. The maximum Gasteiger partial charge on any atom is 0.391 e. The molecule has 0 atom stereocenters. The monoisotopic (exact) mass is 396 g/mol. The molecule has 4 nitrogen and oxygen atoms in total. The van der Waals surface area contributed by atoms with Crippen LogP contribution in [0.5, 0.6) is 0 Å². The number of hydrogen-bond acceptors (Lipinski definition) is 3. The number of aliphatic imine (C=N–C) groups is 1. The van der Waals surface area contributed by atoms with Crippen LogP contribution in [-0.2, 0) is 13.6 Å². The lowest BCUT2D eigenvalue weighted by molar-refractivity contribution is -0.182. The van der Waals surface area contributed by atoms with Crippen LogP contribution in [0.3, 0.4) is 0 Å². The van der Waals surface area contributed by atoms with Crippen molar-refractivity contribution < 1.29 is 13.2 Å². The molecule has 144 valence electrons. The molecule has 8 heteroatoms. The Bertz CT molecular complexity index is 849. The second-order valence-corrected chi connectivity index (χ2v) is 7.68. The molecule has 0 radical (unpaired) electrons. The van der Waals surface area contributed by atoms with Crippen molar-refractivity contribution in [3.8, 4) is 0 Å². The Labute approximate surface area is 160 Å². The fourth-order valence-electron chi connectivity index (χ4n) is 3.96. The van der Waals surface area contributed by atoms with Gasteiger partial charge >= 0.3 is 6.18 Å². The van der Waals surface area contributed by atoms with E-state index in [0.717, 1.165) is 23.0 Å². The van der Waals surface area contributed by atoms with E-state index in [-0.39, 0.29) is 18.8 Å². The van der Waals surface area contributed by atoms with Gasteiger partial charge in [-0.2, -0.15) is 13.2 Å². The minimum Gasteiger partial charge on any atom is -0.323 e. The van der Waals surface area contributed by atoms with Crippen molar-refractivity contribution in [3.63, 3.8) is 0 Å². The Morgan fingerprint density at radius 1 is 1.07 bits per heavy atom. The standard InChI is InChI=1S/C19H20ClF3N4/c1-26-11-24-16-10-27(15-8-6-14(20)7-9-15)17(25-18(16)26)12-2-4-13(5-3-12)19(21,22)23/h6-9,11-13H,2-5,10H2,1H3. The summed E-state index contributed by atoms with van der Waals surface area (Å²) in [5.41, 5.74) is 1.78. The molecule has 1 aromatic carbocycles. The first kappa shape index (κ1) is 18.3. The maximum absolute atomic E-state index is 13.0. The van der Waals surface area contributed by atoms with Crippen molar-refractivity contribution in [2.24, 2.45) is 23.9 Å². The van der Waals surface area contributed by atoms with E-state index >= 15 is 0 Å². The van der Waals surface area contributed by atoms with E-state index in [1.54, 1.807) is 6.33 Å². The minimum absolute atomic E-state index is 0.00216. The van der Waals surface area contributed by atoms with Crippen molar-refractivity contribution in [3.05, 3.63) is 41.3 Å².